The van der Waals surface area contributed by atoms with Gasteiger partial charge in [-0.2, -0.15) is 0 Å². The van der Waals surface area contributed by atoms with Gasteiger partial charge in [0.15, 0.2) is 0 Å². The fourth-order valence-corrected chi connectivity index (χ4v) is 0.800. The molecule has 42 valence electrons. The molecule has 1 aliphatic rings. The molecular formula is C8H10. The summed E-state index contributed by atoms with van der Waals surface area (Å²) < 4.78 is 0. The topological polar surface area (TPSA) is 0 Å². The SMILES string of the molecule is C/C=C/C1C=CC=C1. The van der Waals surface area contributed by atoms with Crippen LogP contribution in [-0.4, -0.2) is 0 Å². The Labute approximate surface area is 50.2 Å². The molecule has 0 N–H and O–H groups in total. The number of hydrogen-bond donors (Lipinski definition) is 0. The van der Waals surface area contributed by atoms with Crippen LogP contribution in [0.3, 0.4) is 0 Å². The van der Waals surface area contributed by atoms with E-state index in [-0.39, 0.29) is 0 Å². The molecule has 0 nitrogen and oxygen atoms in total. The Hall–Kier alpha value is -0.780. The van der Waals surface area contributed by atoms with E-state index in [0.29, 0.717) is 5.92 Å². The molecule has 0 saturated heterocycles. The van der Waals surface area contributed by atoms with Crippen LogP contribution in [0.25, 0.3) is 0 Å². The smallest absolute Gasteiger partial charge is 0.0133 e. The first-order chi connectivity index (χ1) is 3.93. The fourth-order valence-electron chi connectivity index (χ4n) is 0.800. The lowest BCUT2D eigenvalue weighted by atomic mass is 10.2. The van der Waals surface area contributed by atoms with Crippen molar-refractivity contribution in [1.29, 1.82) is 0 Å². The van der Waals surface area contributed by atoms with Crippen molar-refractivity contribution < 1.29 is 0 Å². The minimum Gasteiger partial charge on any atom is -0.0908 e. The normalized spacial score (nSPS) is 19.1. The average molecular weight is 106 g/mol. The Kier molecular flexibility index (Phi) is 1.68. The maximum Gasteiger partial charge on any atom is 0.0133 e. The standard InChI is InChI=1S/C8H10/c1-2-5-8-6-3-4-7-8/h2-8H,1H3/b5-2+. The van der Waals surface area contributed by atoms with Crippen LogP contribution in [0, 0.1) is 5.92 Å². The van der Waals surface area contributed by atoms with Gasteiger partial charge in [0, 0.05) is 5.92 Å². The molecule has 8 heavy (non-hydrogen) atoms. The number of allylic oxidation sites excluding steroid dienone is 6. The molecule has 0 atom stereocenters. The lowest BCUT2D eigenvalue weighted by molar-refractivity contribution is 1.09. The highest BCUT2D eigenvalue weighted by molar-refractivity contribution is 5.22. The van der Waals surface area contributed by atoms with Crippen LogP contribution < -0.4 is 0 Å². The average Bonchev–Trinajstić information content (AvgIpc) is 2.19. The highest BCUT2D eigenvalue weighted by Gasteiger charge is 1.94. The van der Waals surface area contributed by atoms with Gasteiger partial charge in [0.25, 0.3) is 0 Å². The third kappa shape index (κ3) is 1.09. The molecule has 0 unspecified atom stereocenters. The predicted molar refractivity (Wildman–Crippen MR) is 36.6 cm³/mol. The zero-order chi connectivity index (χ0) is 5.82. The molecule has 0 fully saturated rings. The van der Waals surface area contributed by atoms with Gasteiger partial charge in [0.05, 0.1) is 0 Å². The van der Waals surface area contributed by atoms with Crippen molar-refractivity contribution in [3.63, 3.8) is 0 Å². The summed E-state index contributed by atoms with van der Waals surface area (Å²) in [6, 6.07) is 0. The third-order valence-corrected chi connectivity index (χ3v) is 1.19. The summed E-state index contributed by atoms with van der Waals surface area (Å²) >= 11 is 0. The molecule has 0 aromatic carbocycles. The van der Waals surface area contributed by atoms with E-state index in [1.165, 1.54) is 0 Å². The van der Waals surface area contributed by atoms with Gasteiger partial charge in [-0.15, -0.1) is 0 Å². The van der Waals surface area contributed by atoms with Crippen molar-refractivity contribution in [3.05, 3.63) is 36.5 Å². The highest BCUT2D eigenvalue weighted by atomic mass is 14.0. The Bertz CT molecular complexity index is 126. The molecule has 0 bridgehead atoms. The van der Waals surface area contributed by atoms with E-state index in [1.54, 1.807) is 0 Å². The van der Waals surface area contributed by atoms with E-state index in [9.17, 15) is 0 Å². The fraction of sp³-hybridized carbons (Fsp3) is 0.250. The van der Waals surface area contributed by atoms with E-state index < -0.39 is 0 Å². The minimum atomic E-state index is 0.569. The maximum atomic E-state index is 2.17. The zero-order valence-electron chi connectivity index (χ0n) is 5.04. The molecule has 0 radical (unpaired) electrons. The first kappa shape index (κ1) is 5.36. The van der Waals surface area contributed by atoms with E-state index >= 15 is 0 Å². The van der Waals surface area contributed by atoms with E-state index in [4.69, 9.17) is 0 Å². The lowest BCUT2D eigenvalue weighted by Gasteiger charge is -1.90. The molecule has 0 aromatic rings. The minimum absolute atomic E-state index is 0.569. The molecule has 1 rings (SSSR count). The maximum absolute atomic E-state index is 2.17. The molecule has 0 aromatic heterocycles. The summed E-state index contributed by atoms with van der Waals surface area (Å²) in [6.07, 6.45) is 12.7. The van der Waals surface area contributed by atoms with Crippen molar-refractivity contribution in [2.45, 2.75) is 6.92 Å². The second-order valence-electron chi connectivity index (χ2n) is 1.87. The second kappa shape index (κ2) is 2.51. The van der Waals surface area contributed by atoms with Gasteiger partial charge in [-0.1, -0.05) is 36.5 Å². The Balaban J connectivity index is 2.49. The Morgan fingerprint density at radius 3 is 2.38 bits per heavy atom. The van der Waals surface area contributed by atoms with Gasteiger partial charge in [-0.05, 0) is 6.92 Å². The Morgan fingerprint density at radius 1 is 1.25 bits per heavy atom. The summed E-state index contributed by atoms with van der Waals surface area (Å²) in [6.45, 7) is 2.04. The molecule has 0 heterocycles. The van der Waals surface area contributed by atoms with Crippen molar-refractivity contribution in [2.24, 2.45) is 5.92 Å². The van der Waals surface area contributed by atoms with E-state index in [1.807, 2.05) is 6.92 Å². The van der Waals surface area contributed by atoms with Crippen LogP contribution in [0.5, 0.6) is 0 Å². The van der Waals surface area contributed by atoms with Gasteiger partial charge in [-0.3, -0.25) is 0 Å². The molecule has 1 aliphatic carbocycles. The second-order valence-corrected chi connectivity index (χ2v) is 1.87. The first-order valence-corrected chi connectivity index (χ1v) is 2.91. The van der Waals surface area contributed by atoms with Crippen molar-refractivity contribution in [2.75, 3.05) is 0 Å². The summed E-state index contributed by atoms with van der Waals surface area (Å²) in [7, 11) is 0. The summed E-state index contributed by atoms with van der Waals surface area (Å²) in [5.74, 6) is 0.569. The van der Waals surface area contributed by atoms with Gasteiger partial charge in [0.2, 0.25) is 0 Å². The van der Waals surface area contributed by atoms with Gasteiger partial charge >= 0.3 is 0 Å². The van der Waals surface area contributed by atoms with Crippen LogP contribution >= 0.6 is 0 Å². The number of hydrogen-bond acceptors (Lipinski definition) is 0. The summed E-state index contributed by atoms with van der Waals surface area (Å²) in [5, 5.41) is 0. The van der Waals surface area contributed by atoms with Crippen molar-refractivity contribution in [3.8, 4) is 0 Å². The zero-order valence-corrected chi connectivity index (χ0v) is 5.04. The van der Waals surface area contributed by atoms with Gasteiger partial charge < -0.3 is 0 Å². The summed E-state index contributed by atoms with van der Waals surface area (Å²) in [4.78, 5) is 0. The quantitative estimate of drug-likeness (QED) is 0.450. The molecule has 0 spiro atoms. The van der Waals surface area contributed by atoms with Crippen LogP contribution in [0.15, 0.2) is 36.5 Å². The molecule has 0 amide bonds. The van der Waals surface area contributed by atoms with Crippen molar-refractivity contribution in [1.82, 2.24) is 0 Å². The van der Waals surface area contributed by atoms with Crippen LogP contribution in [-0.2, 0) is 0 Å². The molecular weight excluding hydrogens is 96.1 g/mol. The highest BCUT2D eigenvalue weighted by Crippen LogP contribution is 2.08. The van der Waals surface area contributed by atoms with E-state index in [2.05, 4.69) is 36.5 Å². The van der Waals surface area contributed by atoms with Crippen molar-refractivity contribution >= 4 is 0 Å². The largest absolute Gasteiger partial charge is 0.0908 e. The molecule has 0 saturated carbocycles. The monoisotopic (exact) mass is 106 g/mol. The van der Waals surface area contributed by atoms with Gasteiger partial charge in [0.1, 0.15) is 0 Å². The first-order valence-electron chi connectivity index (χ1n) is 2.91. The molecule has 0 aliphatic heterocycles. The number of rotatable bonds is 1. The van der Waals surface area contributed by atoms with Gasteiger partial charge in [-0.25, -0.2) is 0 Å². The van der Waals surface area contributed by atoms with E-state index in [0.717, 1.165) is 0 Å². The van der Waals surface area contributed by atoms with Crippen LogP contribution in [0.1, 0.15) is 6.92 Å². The predicted octanol–water partition coefficient (Wildman–Crippen LogP) is 2.30. The lowest BCUT2D eigenvalue weighted by Crippen LogP contribution is -1.77. The van der Waals surface area contributed by atoms with Crippen LogP contribution in [0.2, 0.25) is 0 Å². The third-order valence-electron chi connectivity index (χ3n) is 1.19. The summed E-state index contributed by atoms with van der Waals surface area (Å²) in [5.41, 5.74) is 0. The van der Waals surface area contributed by atoms with Crippen LogP contribution in [0.4, 0.5) is 0 Å². The molecule has 0 heteroatoms. The Morgan fingerprint density at radius 2 is 1.88 bits per heavy atom.